The first kappa shape index (κ1) is 21.4. The number of pyridine rings is 1. The number of alkyl halides is 2. The number of hydrogen-bond donors (Lipinski definition) is 1. The second-order valence-electron chi connectivity index (χ2n) is 11.0. The Morgan fingerprint density at radius 3 is 2.70 bits per heavy atom. The summed E-state index contributed by atoms with van der Waals surface area (Å²) in [6, 6.07) is 6.97. The molecule has 40 heavy (non-hydrogen) atoms. The van der Waals surface area contributed by atoms with Crippen molar-refractivity contribution < 1.29 is 22.4 Å². The molecule has 1 aromatic carbocycles. The maximum Gasteiger partial charge on any atom is 0.387 e. The van der Waals surface area contributed by atoms with Crippen LogP contribution in [0.15, 0.2) is 48.9 Å². The molecule has 1 saturated carbocycles. The second kappa shape index (κ2) is 8.29. The summed E-state index contributed by atoms with van der Waals surface area (Å²) in [6.45, 7) is 3.30. The number of benzene rings is 1. The lowest BCUT2D eigenvalue weighted by molar-refractivity contribution is -0.0505. The molecule has 11 heteroatoms. The number of ether oxygens (including phenoxy) is 1. The molecule has 1 amide bonds. The van der Waals surface area contributed by atoms with E-state index in [1.807, 2.05) is 13.0 Å². The van der Waals surface area contributed by atoms with Gasteiger partial charge in [-0.15, -0.1) is 0 Å². The van der Waals surface area contributed by atoms with Crippen molar-refractivity contribution in [2.24, 2.45) is 5.73 Å². The Balaban J connectivity index is 1.34. The highest BCUT2D eigenvalue weighted by Crippen LogP contribution is 2.53. The molecule has 2 N–H and O–H groups in total. The van der Waals surface area contributed by atoms with Gasteiger partial charge in [-0.2, -0.15) is 13.9 Å². The van der Waals surface area contributed by atoms with E-state index in [9.17, 15) is 13.6 Å². The molecule has 1 aliphatic heterocycles. The van der Waals surface area contributed by atoms with E-state index < -0.39 is 42.5 Å². The summed E-state index contributed by atoms with van der Waals surface area (Å²) in [5.74, 6) is -1.12. The van der Waals surface area contributed by atoms with Crippen LogP contribution in [0.3, 0.4) is 0 Å². The number of fused-ring (bicyclic) bond motifs is 9. The molecule has 0 unspecified atom stereocenters. The molecule has 0 radical (unpaired) electrons. The third-order valence-electron chi connectivity index (χ3n) is 8.31. The highest BCUT2D eigenvalue weighted by Gasteiger charge is 2.58. The normalized spacial score (nSPS) is 28.1. The van der Waals surface area contributed by atoms with Gasteiger partial charge in [-0.1, -0.05) is 6.07 Å². The molecule has 1 fully saturated rings. The van der Waals surface area contributed by atoms with Gasteiger partial charge >= 0.3 is 6.61 Å². The summed E-state index contributed by atoms with van der Waals surface area (Å²) in [5, 5.41) is 4.67. The van der Waals surface area contributed by atoms with Gasteiger partial charge in [-0.3, -0.25) is 4.79 Å². The highest BCUT2D eigenvalue weighted by molar-refractivity contribution is 5.98. The summed E-state index contributed by atoms with van der Waals surface area (Å²) in [4.78, 5) is 27.1. The van der Waals surface area contributed by atoms with E-state index in [0.29, 0.717) is 41.0 Å². The summed E-state index contributed by atoms with van der Waals surface area (Å²) >= 11 is 0. The van der Waals surface area contributed by atoms with Gasteiger partial charge in [0.15, 0.2) is 0 Å². The van der Waals surface area contributed by atoms with Crippen LogP contribution in [-0.2, 0) is 5.54 Å². The van der Waals surface area contributed by atoms with E-state index in [1.165, 1.54) is 18.2 Å². The highest BCUT2D eigenvalue weighted by atomic mass is 19.3. The number of aromatic nitrogens is 4. The number of carbonyl (C=O) groups is 1. The maximum atomic E-state index is 13.6. The lowest BCUT2D eigenvalue weighted by Gasteiger charge is -2.43. The number of nitrogens with two attached hydrogens (primary N) is 1. The smallest absolute Gasteiger partial charge is 0.387 e. The van der Waals surface area contributed by atoms with E-state index in [0.717, 1.165) is 10.5 Å². The Labute approximate surface area is 232 Å². The predicted octanol–water partition coefficient (Wildman–Crippen LogP) is 4.68. The fourth-order valence-corrected chi connectivity index (χ4v) is 6.65. The zero-order valence-corrected chi connectivity index (χ0v) is 21.3. The molecule has 2 bridgehead atoms. The van der Waals surface area contributed by atoms with Crippen molar-refractivity contribution in [3.63, 3.8) is 0 Å². The van der Waals surface area contributed by atoms with Gasteiger partial charge in [-0.05, 0) is 36.2 Å². The fourth-order valence-electron chi connectivity index (χ4n) is 6.65. The van der Waals surface area contributed by atoms with Gasteiger partial charge in [0.25, 0.3) is 5.91 Å². The van der Waals surface area contributed by atoms with Crippen molar-refractivity contribution in [3.8, 4) is 16.9 Å². The third-order valence-corrected chi connectivity index (χ3v) is 8.31. The van der Waals surface area contributed by atoms with E-state index in [1.54, 1.807) is 29.2 Å². The summed E-state index contributed by atoms with van der Waals surface area (Å²) < 4.78 is 57.8. The van der Waals surface area contributed by atoms with Gasteiger partial charge in [0, 0.05) is 64.8 Å². The summed E-state index contributed by atoms with van der Waals surface area (Å²) in [5.41, 5.74) is 8.53. The van der Waals surface area contributed by atoms with Crippen molar-refractivity contribution >= 4 is 11.4 Å². The largest absolute Gasteiger partial charge is 0.434 e. The zero-order chi connectivity index (χ0) is 30.5. The average molecular weight is 545 g/mol. The van der Waals surface area contributed by atoms with Crippen LogP contribution in [0, 0.1) is 6.57 Å². The van der Waals surface area contributed by atoms with Crippen LogP contribution in [0.25, 0.3) is 21.5 Å². The molecule has 4 aromatic rings. The Bertz CT molecular complexity index is 1850. The average Bonchev–Trinajstić information content (AvgIpc) is 3.44. The lowest BCUT2D eigenvalue weighted by Crippen LogP contribution is -2.57. The minimum absolute atomic E-state index is 0.00735. The van der Waals surface area contributed by atoms with Crippen molar-refractivity contribution in [1.82, 2.24) is 24.5 Å². The van der Waals surface area contributed by atoms with Crippen LogP contribution < -0.4 is 10.5 Å². The van der Waals surface area contributed by atoms with Crippen LogP contribution in [0.4, 0.5) is 8.78 Å². The maximum absolute atomic E-state index is 13.6. The van der Waals surface area contributed by atoms with Gasteiger partial charge in [0.1, 0.15) is 11.6 Å². The molecule has 0 spiro atoms. The Morgan fingerprint density at radius 2 is 2.00 bits per heavy atom. The summed E-state index contributed by atoms with van der Waals surface area (Å²) in [7, 11) is 0. The van der Waals surface area contributed by atoms with Crippen LogP contribution in [0.1, 0.15) is 75.3 Å². The molecule has 2 aliphatic carbocycles. The zero-order valence-electron chi connectivity index (χ0n) is 24.3. The Hall–Kier alpha value is -4.43. The lowest BCUT2D eigenvalue weighted by atomic mass is 9.64. The standard InChI is InChI=1S/C29H25F2N7O2/c1-28(33-2)13-29(32,14-28)26-34-11-16(12-35-26)15-7-8-38-19(9-15)23-18-10-20(24(23)36-38)37(3)25(39)17-5-4-6-21(22(17)18)40-27(30)31/h4-9,11-12,18,20,27H,10,13-14,32H2,1,3H3/t18-,20-,28?,29?/m1/s1/i3D3. The topological polar surface area (TPSA) is 103 Å². The van der Waals surface area contributed by atoms with Crippen molar-refractivity contribution in [2.45, 2.75) is 55.8 Å². The molecule has 9 nitrogen and oxygen atoms in total. The minimum Gasteiger partial charge on any atom is -0.434 e. The van der Waals surface area contributed by atoms with Gasteiger partial charge in [-0.25, -0.2) is 21.1 Å². The van der Waals surface area contributed by atoms with Crippen LogP contribution >= 0.6 is 0 Å². The van der Waals surface area contributed by atoms with Crippen molar-refractivity contribution in [3.05, 3.63) is 88.5 Å². The SMILES string of the molecule is [2H]C([2H])([2H])N1C(=O)c2cccc(OC(F)F)c2[C@H]2C[C@@H]1c1nn3ccc(-c4cnc(C5(N)CC(C)([N+]#[C-])C5)nc4)cc3c12. The number of carbonyl (C=O) groups excluding carboxylic acids is 1. The first-order valence-electron chi connectivity index (χ1n) is 14.3. The molecule has 0 saturated heterocycles. The molecule has 7 rings (SSSR count). The van der Waals surface area contributed by atoms with Crippen molar-refractivity contribution in [1.29, 1.82) is 0 Å². The molecule has 3 aliphatic rings. The van der Waals surface area contributed by atoms with Crippen LogP contribution in [0.5, 0.6) is 5.75 Å². The number of nitrogens with zero attached hydrogens (tertiary/aromatic N) is 6. The third kappa shape index (κ3) is 3.45. The number of rotatable bonds is 4. The minimum atomic E-state index is -3.14. The number of halogens is 2. The van der Waals surface area contributed by atoms with Crippen molar-refractivity contribution in [2.75, 3.05) is 6.98 Å². The van der Waals surface area contributed by atoms with Gasteiger partial charge in [0.2, 0.25) is 5.54 Å². The molecule has 2 atom stereocenters. The first-order valence-corrected chi connectivity index (χ1v) is 12.8. The first-order chi connectivity index (χ1) is 20.3. The number of amides is 1. The predicted molar refractivity (Wildman–Crippen MR) is 141 cm³/mol. The van der Waals surface area contributed by atoms with Gasteiger partial charge in [0.05, 0.1) is 35.6 Å². The fraction of sp³-hybridized carbons (Fsp3) is 0.345. The van der Waals surface area contributed by atoms with Gasteiger partial charge < -0.3 is 20.2 Å². The van der Waals surface area contributed by atoms with E-state index >= 15 is 0 Å². The number of hydrogen-bond acceptors (Lipinski definition) is 6. The van der Waals surface area contributed by atoms with E-state index in [4.69, 9.17) is 21.2 Å². The molecular formula is C29H25F2N7O2. The Kier molecular flexibility index (Phi) is 4.43. The van der Waals surface area contributed by atoms with E-state index in [-0.39, 0.29) is 23.3 Å². The molecule has 3 aromatic heterocycles. The molecule has 4 heterocycles. The monoisotopic (exact) mass is 544 g/mol. The van der Waals surface area contributed by atoms with Crippen LogP contribution in [0.2, 0.25) is 0 Å². The quantitative estimate of drug-likeness (QED) is 0.374. The molecular weight excluding hydrogens is 516 g/mol. The van der Waals surface area contributed by atoms with Crippen LogP contribution in [-0.4, -0.2) is 49.5 Å². The Morgan fingerprint density at radius 1 is 1.23 bits per heavy atom. The molecule has 202 valence electrons. The summed E-state index contributed by atoms with van der Waals surface area (Å²) in [6.07, 6.45) is 6.12. The second-order valence-corrected chi connectivity index (χ2v) is 11.0. The van der Waals surface area contributed by atoms with E-state index in [2.05, 4.69) is 19.9 Å².